The first-order valence-electron chi connectivity index (χ1n) is 13.5. The number of hydrogen-bond donors (Lipinski definition) is 4. The lowest BCUT2D eigenvalue weighted by molar-refractivity contribution is -0.355. The molecule has 1 aliphatic heterocycles. The predicted octanol–water partition coefficient (Wildman–Crippen LogP) is 1.02. The molecule has 1 saturated heterocycles. The maximum atomic E-state index is 14.3. The molecule has 11 atom stereocenters. The zero-order valence-corrected chi connectivity index (χ0v) is 22.9. The Bertz CT molecular complexity index is 1170. The van der Waals surface area contributed by atoms with Crippen LogP contribution in [0.1, 0.15) is 57.8 Å². The molecule has 0 radical (unpaired) electrons. The Kier molecular flexibility index (Phi) is 6.55. The quantitative estimate of drug-likeness (QED) is 0.403. The highest BCUT2D eigenvalue weighted by molar-refractivity contribution is 5.92. The summed E-state index contributed by atoms with van der Waals surface area (Å²) >= 11 is 0. The van der Waals surface area contributed by atoms with Crippen molar-refractivity contribution in [3.05, 3.63) is 35.9 Å². The Hall–Kier alpha value is -2.37. The van der Waals surface area contributed by atoms with Gasteiger partial charge in [0, 0.05) is 31.1 Å². The topological polar surface area (TPSA) is 160 Å². The number of carbonyl (C=O) groups excluding carboxylic acids is 3. The van der Waals surface area contributed by atoms with E-state index in [1.54, 1.807) is 51.1 Å². The van der Waals surface area contributed by atoms with Crippen LogP contribution in [0.5, 0.6) is 0 Å². The molecule has 0 spiro atoms. The van der Waals surface area contributed by atoms with E-state index in [1.165, 1.54) is 13.8 Å². The number of Topliss-reactive ketones (excluding diaryl/α,β-unsaturated/α-hetero) is 1. The van der Waals surface area contributed by atoms with E-state index in [1.807, 2.05) is 0 Å². The number of aliphatic hydroxyl groups is 4. The van der Waals surface area contributed by atoms with Crippen LogP contribution in [0.3, 0.4) is 0 Å². The van der Waals surface area contributed by atoms with Crippen molar-refractivity contribution in [1.29, 1.82) is 0 Å². The van der Waals surface area contributed by atoms with E-state index in [2.05, 4.69) is 0 Å². The lowest BCUT2D eigenvalue weighted by atomic mass is 9.42. The van der Waals surface area contributed by atoms with Gasteiger partial charge in [0.1, 0.15) is 23.9 Å². The number of benzene rings is 1. The third kappa shape index (κ3) is 3.68. The van der Waals surface area contributed by atoms with Crippen molar-refractivity contribution in [2.45, 2.75) is 89.2 Å². The number of esters is 2. The first-order chi connectivity index (χ1) is 18.1. The van der Waals surface area contributed by atoms with Crippen LogP contribution in [-0.2, 0) is 23.8 Å². The highest BCUT2D eigenvalue weighted by Gasteiger charge is 2.78. The minimum absolute atomic E-state index is 0.0667. The number of fused-ring (bicyclic) bond motifs is 5. The molecule has 5 rings (SSSR count). The average Bonchev–Trinajstić information content (AvgIpc) is 2.87. The van der Waals surface area contributed by atoms with Gasteiger partial charge in [-0.3, -0.25) is 9.59 Å². The molecule has 4 fully saturated rings. The Morgan fingerprint density at radius 2 is 1.72 bits per heavy atom. The van der Waals surface area contributed by atoms with E-state index in [9.17, 15) is 34.8 Å². The van der Waals surface area contributed by atoms with E-state index in [0.29, 0.717) is 0 Å². The van der Waals surface area contributed by atoms with Gasteiger partial charge in [0.25, 0.3) is 0 Å². The first-order valence-corrected chi connectivity index (χ1v) is 13.5. The Morgan fingerprint density at radius 3 is 2.28 bits per heavy atom. The maximum Gasteiger partial charge on any atom is 0.338 e. The number of carbonyl (C=O) groups is 3. The van der Waals surface area contributed by atoms with Crippen LogP contribution in [0.25, 0.3) is 0 Å². The SMILES string of the molecule is CC(=O)O[C@@]12CO[C@@H]1C[C@H](O)[C@@]1(C)C(=O)[C@H](O)[C@H]3[C@@H](C)[C@@H](O)C[C@@](O)([C@@H](OC(=O)c4ccccc4)[C@H]21)C3(C)C. The molecule has 4 N–H and O–H groups in total. The number of rotatable bonds is 3. The molecule has 39 heavy (non-hydrogen) atoms. The number of aliphatic hydroxyl groups excluding tert-OH is 3. The van der Waals surface area contributed by atoms with Crippen LogP contribution in [0.15, 0.2) is 30.3 Å². The molecule has 0 aromatic heterocycles. The summed E-state index contributed by atoms with van der Waals surface area (Å²) in [6.45, 7) is 7.57. The fraction of sp³-hybridized carbons (Fsp3) is 0.690. The molecular weight excluding hydrogens is 508 g/mol. The van der Waals surface area contributed by atoms with Gasteiger partial charge in [-0.15, -0.1) is 0 Å². The zero-order chi connectivity index (χ0) is 28.7. The van der Waals surface area contributed by atoms with Gasteiger partial charge in [0.2, 0.25) is 0 Å². The number of ether oxygens (including phenoxy) is 3. The second-order valence-electron chi connectivity index (χ2n) is 12.7. The minimum Gasteiger partial charge on any atom is -0.455 e. The lowest BCUT2D eigenvalue weighted by Crippen LogP contribution is -2.83. The summed E-state index contributed by atoms with van der Waals surface area (Å²) in [5.41, 5.74) is -6.43. The molecule has 4 aliphatic rings. The van der Waals surface area contributed by atoms with E-state index in [-0.39, 0.29) is 25.0 Å². The van der Waals surface area contributed by atoms with Crippen LogP contribution in [-0.4, -0.2) is 86.5 Å². The van der Waals surface area contributed by atoms with E-state index in [0.717, 1.165) is 0 Å². The fourth-order valence-corrected chi connectivity index (χ4v) is 8.20. The van der Waals surface area contributed by atoms with E-state index in [4.69, 9.17) is 14.2 Å². The number of ketones is 1. The van der Waals surface area contributed by atoms with Crippen molar-refractivity contribution in [3.8, 4) is 0 Å². The predicted molar refractivity (Wildman–Crippen MR) is 135 cm³/mol. The van der Waals surface area contributed by atoms with Gasteiger partial charge in [0.15, 0.2) is 11.4 Å². The van der Waals surface area contributed by atoms with Crippen LogP contribution in [0.2, 0.25) is 0 Å². The molecule has 0 amide bonds. The van der Waals surface area contributed by atoms with Gasteiger partial charge in [-0.25, -0.2) is 4.79 Å². The highest BCUT2D eigenvalue weighted by Crippen LogP contribution is 2.64. The Morgan fingerprint density at radius 1 is 1.08 bits per heavy atom. The molecular formula is C29H38O10. The monoisotopic (exact) mass is 546 g/mol. The molecule has 3 aliphatic carbocycles. The average molecular weight is 547 g/mol. The molecule has 2 bridgehead atoms. The molecule has 10 nitrogen and oxygen atoms in total. The molecule has 1 aromatic rings. The summed E-state index contributed by atoms with van der Waals surface area (Å²) in [4.78, 5) is 40.3. The largest absolute Gasteiger partial charge is 0.455 e. The zero-order valence-electron chi connectivity index (χ0n) is 22.9. The van der Waals surface area contributed by atoms with Crippen LogP contribution >= 0.6 is 0 Å². The van der Waals surface area contributed by atoms with E-state index >= 15 is 0 Å². The van der Waals surface area contributed by atoms with Gasteiger partial charge >= 0.3 is 11.9 Å². The second-order valence-corrected chi connectivity index (χ2v) is 12.7. The van der Waals surface area contributed by atoms with Crippen molar-refractivity contribution >= 4 is 17.7 Å². The van der Waals surface area contributed by atoms with Crippen LogP contribution in [0, 0.1) is 28.6 Å². The first kappa shape index (κ1) is 28.2. The van der Waals surface area contributed by atoms with Gasteiger partial charge in [-0.05, 0) is 25.0 Å². The smallest absolute Gasteiger partial charge is 0.338 e. The lowest BCUT2D eigenvalue weighted by Gasteiger charge is -2.68. The molecule has 1 aromatic carbocycles. The standard InChI is InChI=1S/C29H38O10/c1-14-17(31)12-29(36)24(38-25(35)16-9-7-6-8-10-16)22-27(5,23(34)21(33)20(14)26(29,3)4)18(32)11-19-28(22,13-37-19)39-15(2)30/h6-10,14,17-22,24,31-33,36H,11-13H2,1-5H3/t14-,17-,18-,19+,20+,21+,22-,24-,27+,28-,29+/m0/s1. The van der Waals surface area contributed by atoms with Crippen LogP contribution < -0.4 is 0 Å². The van der Waals surface area contributed by atoms with Crippen LogP contribution in [0.4, 0.5) is 0 Å². The summed E-state index contributed by atoms with van der Waals surface area (Å²) in [5.74, 6) is -5.04. The van der Waals surface area contributed by atoms with Gasteiger partial charge in [0.05, 0.1) is 35.7 Å². The Balaban J connectivity index is 1.79. The second kappa shape index (κ2) is 9.07. The normalized spacial score (nSPS) is 46.4. The van der Waals surface area contributed by atoms with E-state index < -0.39 is 88.0 Å². The molecule has 3 saturated carbocycles. The Labute approximate surface area is 227 Å². The summed E-state index contributed by atoms with van der Waals surface area (Å²) in [6.07, 6.45) is -6.87. The summed E-state index contributed by atoms with van der Waals surface area (Å²) in [7, 11) is 0. The highest BCUT2D eigenvalue weighted by atomic mass is 16.6. The van der Waals surface area contributed by atoms with Crippen molar-refractivity contribution in [2.75, 3.05) is 6.61 Å². The minimum atomic E-state index is -2.01. The van der Waals surface area contributed by atoms with Crippen molar-refractivity contribution < 1.29 is 49.0 Å². The molecule has 0 unspecified atom stereocenters. The third-order valence-corrected chi connectivity index (χ3v) is 10.5. The van der Waals surface area contributed by atoms with Gasteiger partial charge in [-0.1, -0.05) is 39.0 Å². The fourth-order valence-electron chi connectivity index (χ4n) is 8.20. The molecule has 10 heteroatoms. The van der Waals surface area contributed by atoms with Gasteiger partial charge in [-0.2, -0.15) is 0 Å². The van der Waals surface area contributed by atoms with Crippen molar-refractivity contribution in [2.24, 2.45) is 28.6 Å². The maximum absolute atomic E-state index is 14.3. The third-order valence-electron chi connectivity index (χ3n) is 10.5. The molecule has 214 valence electrons. The summed E-state index contributed by atoms with van der Waals surface area (Å²) in [5, 5.41) is 46.9. The van der Waals surface area contributed by atoms with Crippen molar-refractivity contribution in [1.82, 2.24) is 0 Å². The summed E-state index contributed by atoms with van der Waals surface area (Å²) < 4.78 is 17.8. The molecule has 1 heterocycles. The summed E-state index contributed by atoms with van der Waals surface area (Å²) in [6, 6.07) is 8.12. The van der Waals surface area contributed by atoms with Crippen molar-refractivity contribution in [3.63, 3.8) is 0 Å². The number of hydrogen-bond acceptors (Lipinski definition) is 10. The van der Waals surface area contributed by atoms with Gasteiger partial charge < -0.3 is 34.6 Å².